The highest BCUT2D eigenvalue weighted by Crippen LogP contribution is 2.41. The van der Waals surface area contributed by atoms with Crippen LogP contribution in [0.2, 0.25) is 0 Å². The Morgan fingerprint density at radius 3 is 2.67 bits per heavy atom. The molecule has 0 aliphatic heterocycles. The van der Waals surface area contributed by atoms with Gasteiger partial charge in [-0.1, -0.05) is 25.6 Å². The minimum Gasteiger partial charge on any atom is -0.392 e. The van der Waals surface area contributed by atoms with Crippen LogP contribution >= 0.6 is 0 Å². The average molecular weight is 248 g/mol. The molecular weight excluding hydrogens is 228 g/mol. The third-order valence-electron chi connectivity index (χ3n) is 3.89. The fourth-order valence-corrected chi connectivity index (χ4v) is 2.95. The molecule has 0 saturated heterocycles. The molecule has 0 fully saturated rings. The highest BCUT2D eigenvalue weighted by atomic mass is 16.3. The SMILES string of the molecule is C=C(CO)c1ccc2c(c1C)[C@H](C)C[C@@H](O)[C@@H]2O. The molecule has 0 amide bonds. The predicted octanol–water partition coefficient (Wildman–Crippen LogP) is 1.90. The van der Waals surface area contributed by atoms with Crippen LogP contribution < -0.4 is 0 Å². The van der Waals surface area contributed by atoms with Gasteiger partial charge in [-0.2, -0.15) is 0 Å². The van der Waals surface area contributed by atoms with E-state index in [0.717, 1.165) is 22.3 Å². The second kappa shape index (κ2) is 4.84. The van der Waals surface area contributed by atoms with Crippen LogP contribution in [0.4, 0.5) is 0 Å². The zero-order valence-corrected chi connectivity index (χ0v) is 10.8. The lowest BCUT2D eigenvalue weighted by atomic mass is 9.76. The maximum absolute atomic E-state index is 10.0. The van der Waals surface area contributed by atoms with Gasteiger partial charge in [0.2, 0.25) is 0 Å². The van der Waals surface area contributed by atoms with Crippen LogP contribution in [0.15, 0.2) is 18.7 Å². The molecule has 1 aliphatic carbocycles. The number of hydrogen-bond acceptors (Lipinski definition) is 3. The maximum atomic E-state index is 10.0. The normalized spacial score (nSPS) is 26.8. The lowest BCUT2D eigenvalue weighted by molar-refractivity contribution is 0.00135. The van der Waals surface area contributed by atoms with Crippen molar-refractivity contribution in [3.05, 3.63) is 41.0 Å². The molecule has 0 radical (unpaired) electrons. The van der Waals surface area contributed by atoms with Gasteiger partial charge in [0.1, 0.15) is 6.10 Å². The molecule has 3 nitrogen and oxygen atoms in total. The van der Waals surface area contributed by atoms with Crippen LogP contribution in [0.5, 0.6) is 0 Å². The first kappa shape index (κ1) is 13.3. The number of aliphatic hydroxyl groups excluding tert-OH is 3. The Hall–Kier alpha value is -1.16. The Labute approximate surface area is 107 Å². The second-order valence-electron chi connectivity index (χ2n) is 5.15. The molecule has 0 aromatic heterocycles. The van der Waals surface area contributed by atoms with E-state index in [-0.39, 0.29) is 12.5 Å². The quantitative estimate of drug-likeness (QED) is 0.749. The van der Waals surface area contributed by atoms with Crippen LogP contribution in [0, 0.1) is 6.92 Å². The van der Waals surface area contributed by atoms with Crippen molar-refractivity contribution in [3.63, 3.8) is 0 Å². The summed E-state index contributed by atoms with van der Waals surface area (Å²) in [5, 5.41) is 29.0. The van der Waals surface area contributed by atoms with E-state index < -0.39 is 12.2 Å². The Morgan fingerprint density at radius 2 is 2.06 bits per heavy atom. The Balaban J connectivity index is 2.58. The van der Waals surface area contributed by atoms with Crippen LogP contribution in [-0.4, -0.2) is 28.0 Å². The Morgan fingerprint density at radius 1 is 1.39 bits per heavy atom. The van der Waals surface area contributed by atoms with Crippen molar-refractivity contribution in [2.75, 3.05) is 6.61 Å². The Kier molecular flexibility index (Phi) is 3.57. The highest BCUT2D eigenvalue weighted by molar-refractivity contribution is 5.69. The minimum absolute atomic E-state index is 0.0703. The standard InChI is InChI=1S/C15H20O3/c1-8-6-13(17)15(18)12-5-4-11(9(2)7-16)10(3)14(8)12/h4-5,8,13,15-18H,2,6-7H2,1,3H3/t8-,13-,15-/m1/s1. The monoisotopic (exact) mass is 248 g/mol. The highest BCUT2D eigenvalue weighted by Gasteiger charge is 2.32. The van der Waals surface area contributed by atoms with Gasteiger partial charge < -0.3 is 15.3 Å². The lowest BCUT2D eigenvalue weighted by Gasteiger charge is -2.33. The largest absolute Gasteiger partial charge is 0.392 e. The van der Waals surface area contributed by atoms with E-state index in [1.54, 1.807) is 0 Å². The molecule has 0 spiro atoms. The van der Waals surface area contributed by atoms with E-state index >= 15 is 0 Å². The molecule has 3 heteroatoms. The molecule has 1 aromatic carbocycles. The summed E-state index contributed by atoms with van der Waals surface area (Å²) >= 11 is 0. The molecule has 0 heterocycles. The zero-order valence-electron chi connectivity index (χ0n) is 10.8. The third kappa shape index (κ3) is 1.99. The van der Waals surface area contributed by atoms with Crippen molar-refractivity contribution >= 4 is 5.57 Å². The number of hydrogen-bond donors (Lipinski definition) is 3. The molecule has 1 aliphatic rings. The first-order chi connectivity index (χ1) is 8.47. The molecule has 1 aromatic rings. The smallest absolute Gasteiger partial charge is 0.105 e. The Bertz CT molecular complexity index is 479. The molecule has 2 rings (SSSR count). The van der Waals surface area contributed by atoms with Crippen molar-refractivity contribution in [2.24, 2.45) is 0 Å². The number of benzene rings is 1. The van der Waals surface area contributed by atoms with Crippen LogP contribution in [-0.2, 0) is 0 Å². The predicted molar refractivity (Wildman–Crippen MR) is 71.3 cm³/mol. The van der Waals surface area contributed by atoms with E-state index in [4.69, 9.17) is 0 Å². The lowest BCUT2D eigenvalue weighted by Crippen LogP contribution is -2.27. The third-order valence-corrected chi connectivity index (χ3v) is 3.89. The molecule has 3 N–H and O–H groups in total. The van der Waals surface area contributed by atoms with Gasteiger partial charge in [0.15, 0.2) is 0 Å². The van der Waals surface area contributed by atoms with E-state index in [0.29, 0.717) is 12.0 Å². The zero-order chi connectivity index (χ0) is 13.4. The number of fused-ring (bicyclic) bond motifs is 1. The molecule has 0 saturated carbocycles. The van der Waals surface area contributed by atoms with Gasteiger partial charge in [-0.3, -0.25) is 0 Å². The molecule has 18 heavy (non-hydrogen) atoms. The topological polar surface area (TPSA) is 60.7 Å². The van der Waals surface area contributed by atoms with Gasteiger partial charge >= 0.3 is 0 Å². The van der Waals surface area contributed by atoms with Crippen molar-refractivity contribution in [3.8, 4) is 0 Å². The minimum atomic E-state index is -0.814. The fraction of sp³-hybridized carbons (Fsp3) is 0.467. The molecule has 98 valence electrons. The van der Waals surface area contributed by atoms with Gasteiger partial charge in [0.05, 0.1) is 12.7 Å². The summed E-state index contributed by atoms with van der Waals surface area (Å²) in [4.78, 5) is 0. The van der Waals surface area contributed by atoms with E-state index in [1.165, 1.54) is 0 Å². The van der Waals surface area contributed by atoms with Crippen molar-refractivity contribution in [2.45, 2.75) is 38.4 Å². The van der Waals surface area contributed by atoms with Crippen LogP contribution in [0.25, 0.3) is 5.57 Å². The average Bonchev–Trinajstić information content (AvgIpc) is 2.34. The van der Waals surface area contributed by atoms with Gasteiger partial charge in [0.25, 0.3) is 0 Å². The summed E-state index contributed by atoms with van der Waals surface area (Å²) in [6, 6.07) is 3.70. The first-order valence-electron chi connectivity index (χ1n) is 6.25. The van der Waals surface area contributed by atoms with Gasteiger partial charge in [-0.25, -0.2) is 0 Å². The van der Waals surface area contributed by atoms with Crippen molar-refractivity contribution in [1.29, 1.82) is 0 Å². The van der Waals surface area contributed by atoms with Crippen LogP contribution in [0.1, 0.15) is 47.6 Å². The van der Waals surface area contributed by atoms with Gasteiger partial charge in [-0.15, -0.1) is 0 Å². The summed E-state index contributed by atoms with van der Waals surface area (Å²) in [5.41, 5.74) is 4.55. The summed E-state index contributed by atoms with van der Waals surface area (Å²) in [7, 11) is 0. The molecule has 3 atom stereocenters. The van der Waals surface area contributed by atoms with E-state index in [2.05, 4.69) is 6.58 Å². The second-order valence-corrected chi connectivity index (χ2v) is 5.15. The summed E-state index contributed by atoms with van der Waals surface area (Å²) in [5.74, 6) is 0.199. The van der Waals surface area contributed by atoms with E-state index in [1.807, 2.05) is 26.0 Å². The molecular formula is C15H20O3. The molecule has 0 unspecified atom stereocenters. The van der Waals surface area contributed by atoms with Gasteiger partial charge in [-0.05, 0) is 47.1 Å². The summed E-state index contributed by atoms with van der Waals surface area (Å²) in [6.45, 7) is 7.81. The fourth-order valence-electron chi connectivity index (χ4n) is 2.95. The van der Waals surface area contributed by atoms with Crippen LogP contribution in [0.3, 0.4) is 0 Å². The first-order valence-corrected chi connectivity index (χ1v) is 6.25. The van der Waals surface area contributed by atoms with Crippen molar-refractivity contribution < 1.29 is 15.3 Å². The summed E-state index contributed by atoms with van der Waals surface area (Å²) < 4.78 is 0. The van der Waals surface area contributed by atoms with E-state index in [9.17, 15) is 15.3 Å². The molecule has 0 bridgehead atoms. The number of rotatable bonds is 2. The van der Waals surface area contributed by atoms with Crippen molar-refractivity contribution in [1.82, 2.24) is 0 Å². The maximum Gasteiger partial charge on any atom is 0.105 e. The number of aliphatic hydroxyl groups is 3. The van der Waals surface area contributed by atoms with Gasteiger partial charge in [0, 0.05) is 0 Å². The summed E-state index contributed by atoms with van der Waals surface area (Å²) in [6.07, 6.45) is -0.950.